The van der Waals surface area contributed by atoms with Gasteiger partial charge in [-0.3, -0.25) is 4.79 Å². The third-order valence-corrected chi connectivity index (χ3v) is 6.90. The van der Waals surface area contributed by atoms with Crippen LogP contribution >= 0.6 is 11.8 Å². The Hall–Kier alpha value is -1.80. The van der Waals surface area contributed by atoms with Crippen molar-refractivity contribution in [1.29, 1.82) is 0 Å². The van der Waals surface area contributed by atoms with Gasteiger partial charge in [0.2, 0.25) is 5.91 Å². The average molecular weight is 416 g/mol. The molecule has 0 aromatic heterocycles. The van der Waals surface area contributed by atoms with Crippen molar-refractivity contribution in [3.63, 3.8) is 0 Å². The fraction of sp³-hybridized carbons (Fsp3) is 0.500. The molecule has 29 heavy (non-hydrogen) atoms. The zero-order valence-corrected chi connectivity index (χ0v) is 17.4. The summed E-state index contributed by atoms with van der Waals surface area (Å²) in [6.45, 7) is 3.31. The molecule has 4 N–H and O–H groups in total. The number of carbonyl (C=O) groups is 1. The van der Waals surface area contributed by atoms with Gasteiger partial charge in [0.25, 0.3) is 0 Å². The number of aliphatic hydroxyl groups excluding tert-OH is 1. The van der Waals surface area contributed by atoms with E-state index in [2.05, 4.69) is 28.4 Å². The first-order valence-corrected chi connectivity index (χ1v) is 11.3. The lowest BCUT2D eigenvalue weighted by atomic mass is 9.93. The Bertz CT molecular complexity index is 793. The number of rotatable bonds is 6. The van der Waals surface area contributed by atoms with Crippen molar-refractivity contribution in [1.82, 2.24) is 10.2 Å². The first kappa shape index (κ1) is 20.5. The highest BCUT2D eigenvalue weighted by Crippen LogP contribution is 2.35. The van der Waals surface area contributed by atoms with Crippen molar-refractivity contribution in [2.24, 2.45) is 5.73 Å². The lowest BCUT2D eigenvalue weighted by Crippen LogP contribution is -2.39. The average Bonchev–Trinajstić information content (AvgIpc) is 3.12. The van der Waals surface area contributed by atoms with Crippen LogP contribution in [0.25, 0.3) is 0 Å². The van der Waals surface area contributed by atoms with Gasteiger partial charge in [-0.25, -0.2) is 0 Å². The topological polar surface area (TPSA) is 87.8 Å². The maximum Gasteiger partial charge on any atom is 0.225 e. The molecule has 156 valence electrons. The molecular weight excluding hydrogens is 386 g/mol. The Morgan fingerprint density at radius 3 is 2.97 bits per heavy atom. The molecule has 6 nitrogen and oxygen atoms in total. The second kappa shape index (κ2) is 9.34. The lowest BCUT2D eigenvalue weighted by Gasteiger charge is -2.33. The molecule has 0 bridgehead atoms. The Labute approximate surface area is 176 Å². The number of hydrogen-bond donors (Lipinski definition) is 3. The summed E-state index contributed by atoms with van der Waals surface area (Å²) >= 11 is 1.66. The fourth-order valence-corrected chi connectivity index (χ4v) is 5.08. The maximum absolute atomic E-state index is 12.4. The summed E-state index contributed by atoms with van der Waals surface area (Å²) in [6.07, 6.45) is 13.7. The van der Waals surface area contributed by atoms with Crippen molar-refractivity contribution >= 4 is 17.7 Å². The zero-order valence-electron chi connectivity index (χ0n) is 16.5. The van der Waals surface area contributed by atoms with Crippen LogP contribution in [0.2, 0.25) is 0 Å². The van der Waals surface area contributed by atoms with Gasteiger partial charge in [0.1, 0.15) is 0 Å². The van der Waals surface area contributed by atoms with E-state index in [0.717, 1.165) is 43.9 Å². The summed E-state index contributed by atoms with van der Waals surface area (Å²) in [4.78, 5) is 14.8. The Kier molecular flexibility index (Phi) is 6.60. The van der Waals surface area contributed by atoms with Crippen LogP contribution in [0.5, 0.6) is 0 Å². The van der Waals surface area contributed by atoms with Gasteiger partial charge in [-0.2, -0.15) is 0 Å². The smallest absolute Gasteiger partial charge is 0.225 e. The van der Waals surface area contributed by atoms with Crippen molar-refractivity contribution in [2.45, 2.75) is 36.7 Å². The summed E-state index contributed by atoms with van der Waals surface area (Å²) in [5, 5.41) is 13.0. The number of nitrogens with two attached hydrogens (primary N) is 1. The number of nitrogens with zero attached hydrogens (tertiary/aromatic N) is 1. The van der Waals surface area contributed by atoms with E-state index in [9.17, 15) is 9.90 Å². The quantitative estimate of drug-likeness (QED) is 0.572. The number of allylic oxidation sites excluding steroid dienone is 4. The summed E-state index contributed by atoms with van der Waals surface area (Å²) in [6, 6.07) is -0.0533. The van der Waals surface area contributed by atoms with Crippen molar-refractivity contribution in [3.05, 3.63) is 58.9 Å². The predicted molar refractivity (Wildman–Crippen MR) is 116 cm³/mol. The van der Waals surface area contributed by atoms with E-state index < -0.39 is 6.10 Å². The number of hydrogen-bond acceptors (Lipinski definition) is 6. The Balaban J connectivity index is 1.26. The van der Waals surface area contributed by atoms with E-state index in [0.29, 0.717) is 18.7 Å². The molecule has 1 aliphatic heterocycles. The monoisotopic (exact) mass is 415 g/mol. The molecule has 0 radical (unpaired) electrons. The molecule has 0 spiro atoms. The Morgan fingerprint density at radius 2 is 2.14 bits per heavy atom. The first-order chi connectivity index (χ1) is 14.1. The minimum atomic E-state index is -0.442. The number of carbonyl (C=O) groups excluding carboxylic acids is 1. The van der Waals surface area contributed by atoms with Gasteiger partial charge in [-0.1, -0.05) is 24.3 Å². The number of aliphatic hydroxyl groups is 1. The maximum atomic E-state index is 12.4. The first-order valence-electron chi connectivity index (χ1n) is 10.2. The van der Waals surface area contributed by atoms with Crippen LogP contribution in [0.1, 0.15) is 19.3 Å². The van der Waals surface area contributed by atoms with Crippen molar-refractivity contribution in [3.8, 4) is 0 Å². The largest absolute Gasteiger partial charge is 0.389 e. The van der Waals surface area contributed by atoms with E-state index >= 15 is 0 Å². The fourth-order valence-electron chi connectivity index (χ4n) is 4.10. The van der Waals surface area contributed by atoms with Gasteiger partial charge in [0.15, 0.2) is 0 Å². The third-order valence-electron chi connectivity index (χ3n) is 5.75. The van der Waals surface area contributed by atoms with Crippen LogP contribution in [-0.2, 0) is 9.53 Å². The number of amides is 1. The van der Waals surface area contributed by atoms with Gasteiger partial charge >= 0.3 is 0 Å². The van der Waals surface area contributed by atoms with Crippen LogP contribution < -0.4 is 11.1 Å². The normalized spacial score (nSPS) is 28.9. The molecule has 0 aromatic rings. The minimum Gasteiger partial charge on any atom is -0.389 e. The standard InChI is InChI=1S/C22H29N3O3S/c23-20-6-4-17(25-7-9-28-10-8-25)12-21(20)29-14-24-22(27)11-16-2-1-15-3-5-18(26)13-19(15)16/h2-6,12,18,20-21,26H,1,7-11,13-14,23H2,(H,24,27)/t18-,20?,21?/m0/s1. The molecule has 4 rings (SSSR count). The van der Waals surface area contributed by atoms with E-state index in [-0.39, 0.29) is 17.2 Å². The SMILES string of the molecule is NC1C=CC(N2CCOCC2)=CC1SCNC(=O)CC1=CCC2=C1C[C@@H](O)C=C2. The molecule has 2 unspecified atom stereocenters. The summed E-state index contributed by atoms with van der Waals surface area (Å²) < 4.78 is 5.43. The number of morpholine rings is 1. The van der Waals surface area contributed by atoms with Crippen LogP contribution in [0.15, 0.2) is 58.9 Å². The number of thioether (sulfide) groups is 1. The molecule has 1 amide bonds. The lowest BCUT2D eigenvalue weighted by molar-refractivity contribution is -0.120. The molecule has 0 saturated carbocycles. The molecule has 1 heterocycles. The van der Waals surface area contributed by atoms with E-state index in [1.54, 1.807) is 11.8 Å². The molecule has 1 fully saturated rings. The van der Waals surface area contributed by atoms with Gasteiger partial charge in [0, 0.05) is 36.5 Å². The van der Waals surface area contributed by atoms with Gasteiger partial charge in [0.05, 0.1) is 31.6 Å². The van der Waals surface area contributed by atoms with Crippen LogP contribution in [0, 0.1) is 0 Å². The highest BCUT2D eigenvalue weighted by atomic mass is 32.2. The molecule has 1 saturated heterocycles. The highest BCUT2D eigenvalue weighted by Gasteiger charge is 2.24. The molecule has 4 aliphatic rings. The molecule has 7 heteroatoms. The summed E-state index contributed by atoms with van der Waals surface area (Å²) in [5.74, 6) is 0.540. The van der Waals surface area contributed by atoms with Crippen LogP contribution in [0.4, 0.5) is 0 Å². The minimum absolute atomic E-state index is 0.0128. The highest BCUT2D eigenvalue weighted by molar-refractivity contribution is 8.00. The second-order valence-electron chi connectivity index (χ2n) is 7.75. The summed E-state index contributed by atoms with van der Waals surface area (Å²) in [5.41, 5.74) is 10.9. The number of nitrogens with one attached hydrogen (secondary N) is 1. The van der Waals surface area contributed by atoms with E-state index in [1.807, 2.05) is 18.2 Å². The van der Waals surface area contributed by atoms with Gasteiger partial charge in [-0.05, 0) is 35.3 Å². The van der Waals surface area contributed by atoms with Gasteiger partial charge < -0.3 is 25.8 Å². The van der Waals surface area contributed by atoms with Crippen LogP contribution in [0.3, 0.4) is 0 Å². The molecule has 3 atom stereocenters. The third kappa shape index (κ3) is 5.04. The summed E-state index contributed by atoms with van der Waals surface area (Å²) in [7, 11) is 0. The van der Waals surface area contributed by atoms with E-state index in [1.165, 1.54) is 11.3 Å². The van der Waals surface area contributed by atoms with Gasteiger partial charge in [-0.15, -0.1) is 11.8 Å². The van der Waals surface area contributed by atoms with Crippen molar-refractivity contribution in [2.75, 3.05) is 32.2 Å². The van der Waals surface area contributed by atoms with E-state index in [4.69, 9.17) is 10.5 Å². The molecule has 3 aliphatic carbocycles. The predicted octanol–water partition coefficient (Wildman–Crippen LogP) is 1.61. The molecular formula is C22H29N3O3S. The molecule has 0 aromatic carbocycles. The van der Waals surface area contributed by atoms with Crippen LogP contribution in [-0.4, -0.2) is 65.5 Å². The Morgan fingerprint density at radius 1 is 1.31 bits per heavy atom. The second-order valence-corrected chi connectivity index (χ2v) is 8.91. The zero-order chi connectivity index (χ0) is 20.2. The van der Waals surface area contributed by atoms with Crippen molar-refractivity contribution < 1.29 is 14.6 Å². The number of ether oxygens (including phenoxy) is 1.